The van der Waals surface area contributed by atoms with E-state index in [4.69, 9.17) is 10.2 Å². The van der Waals surface area contributed by atoms with Crippen molar-refractivity contribution in [2.24, 2.45) is 0 Å². The number of aliphatic hydroxyl groups is 1. The Hall–Kier alpha value is -2.15. The van der Waals surface area contributed by atoms with Crippen LogP contribution in [0.5, 0.6) is 0 Å². The third-order valence-electron chi connectivity index (χ3n) is 2.72. The third kappa shape index (κ3) is 4.85. The summed E-state index contributed by atoms with van der Waals surface area (Å²) >= 11 is 0. The number of hydrogen-bond donors (Lipinski definition) is 4. The van der Waals surface area contributed by atoms with Gasteiger partial charge in [0.05, 0.1) is 6.04 Å². The molecule has 0 bridgehead atoms. The summed E-state index contributed by atoms with van der Waals surface area (Å²) in [5.41, 5.74) is 0.564. The minimum Gasteiger partial charge on any atom is -0.480 e. The van der Waals surface area contributed by atoms with E-state index in [2.05, 4.69) is 10.6 Å². The molecule has 0 aliphatic carbocycles. The van der Waals surface area contributed by atoms with E-state index in [1.807, 2.05) is 0 Å². The van der Waals surface area contributed by atoms with Crippen LogP contribution in [0.25, 0.3) is 0 Å². The van der Waals surface area contributed by atoms with Crippen LogP contribution in [0.2, 0.25) is 0 Å². The predicted molar refractivity (Wildman–Crippen MR) is 69.6 cm³/mol. The monoisotopic (exact) mass is 284 g/mol. The van der Waals surface area contributed by atoms with Crippen LogP contribution < -0.4 is 10.6 Å². The number of carboxylic acid groups (broad SMARTS) is 1. The van der Waals surface area contributed by atoms with Crippen molar-refractivity contribution >= 4 is 12.0 Å². The molecule has 0 radical (unpaired) electrons. The molecule has 20 heavy (non-hydrogen) atoms. The molecule has 4 N–H and O–H groups in total. The van der Waals surface area contributed by atoms with Gasteiger partial charge in [-0.3, -0.25) is 0 Å². The summed E-state index contributed by atoms with van der Waals surface area (Å²) in [4.78, 5) is 22.5. The van der Waals surface area contributed by atoms with Crippen LogP contribution in [-0.4, -0.2) is 34.9 Å². The number of urea groups is 1. The Balaban J connectivity index is 2.59. The number of rotatable bonds is 6. The van der Waals surface area contributed by atoms with Gasteiger partial charge >= 0.3 is 12.0 Å². The largest absolute Gasteiger partial charge is 0.480 e. The van der Waals surface area contributed by atoms with E-state index in [0.717, 1.165) is 0 Å². The van der Waals surface area contributed by atoms with E-state index < -0.39 is 29.9 Å². The highest BCUT2D eigenvalue weighted by Crippen LogP contribution is 2.13. The van der Waals surface area contributed by atoms with Crippen LogP contribution in [0.1, 0.15) is 24.9 Å². The number of amides is 2. The van der Waals surface area contributed by atoms with Gasteiger partial charge in [-0.2, -0.15) is 0 Å². The summed E-state index contributed by atoms with van der Waals surface area (Å²) in [7, 11) is 0. The van der Waals surface area contributed by atoms with E-state index in [1.54, 1.807) is 13.0 Å². The maximum atomic E-state index is 13.0. The standard InChI is InChI=1S/C13H17FN2O4/c1-8(9-3-2-4-10(14)7-9)15-13(20)16-11(5-6-17)12(18)19/h2-4,7-8,11,17H,5-6H2,1H3,(H,18,19)(H2,15,16,20). The Labute approximate surface area is 115 Å². The molecule has 0 saturated heterocycles. The highest BCUT2D eigenvalue weighted by Gasteiger charge is 2.20. The topological polar surface area (TPSA) is 98.7 Å². The molecule has 0 saturated carbocycles. The lowest BCUT2D eigenvalue weighted by atomic mass is 10.1. The highest BCUT2D eigenvalue weighted by molar-refractivity contribution is 5.82. The van der Waals surface area contributed by atoms with Crippen LogP contribution in [0.15, 0.2) is 24.3 Å². The van der Waals surface area contributed by atoms with Crippen LogP contribution >= 0.6 is 0 Å². The lowest BCUT2D eigenvalue weighted by molar-refractivity contribution is -0.139. The number of carbonyl (C=O) groups is 2. The first kappa shape index (κ1) is 15.9. The average Bonchev–Trinajstić information content (AvgIpc) is 2.38. The molecule has 110 valence electrons. The zero-order valence-electron chi connectivity index (χ0n) is 11.0. The second-order valence-electron chi connectivity index (χ2n) is 4.30. The molecule has 1 rings (SSSR count). The quantitative estimate of drug-likeness (QED) is 0.627. The van der Waals surface area contributed by atoms with E-state index in [-0.39, 0.29) is 13.0 Å². The van der Waals surface area contributed by atoms with E-state index in [1.165, 1.54) is 18.2 Å². The molecule has 2 atom stereocenters. The molecule has 6 nitrogen and oxygen atoms in total. The van der Waals surface area contributed by atoms with E-state index >= 15 is 0 Å². The Bertz CT molecular complexity index is 481. The number of carbonyl (C=O) groups excluding carboxylic acids is 1. The van der Waals surface area contributed by atoms with Gasteiger partial charge < -0.3 is 20.8 Å². The van der Waals surface area contributed by atoms with Crippen LogP contribution in [-0.2, 0) is 4.79 Å². The number of halogens is 1. The molecule has 1 aromatic carbocycles. The Kier molecular flexibility index (Phi) is 5.92. The number of benzene rings is 1. The fourth-order valence-corrected chi connectivity index (χ4v) is 1.64. The minimum atomic E-state index is -1.23. The Morgan fingerprint density at radius 2 is 2.05 bits per heavy atom. The zero-order valence-corrected chi connectivity index (χ0v) is 11.0. The summed E-state index contributed by atoms with van der Waals surface area (Å²) in [6.07, 6.45) is -0.0862. The molecule has 0 fully saturated rings. The Morgan fingerprint density at radius 3 is 2.60 bits per heavy atom. The van der Waals surface area contributed by atoms with Crippen LogP contribution in [0.4, 0.5) is 9.18 Å². The van der Waals surface area contributed by atoms with E-state index in [0.29, 0.717) is 5.56 Å². The lowest BCUT2D eigenvalue weighted by Crippen LogP contribution is -2.47. The fraction of sp³-hybridized carbons (Fsp3) is 0.385. The van der Waals surface area contributed by atoms with Crippen molar-refractivity contribution in [3.05, 3.63) is 35.6 Å². The molecule has 0 heterocycles. The number of carboxylic acids is 1. The van der Waals surface area contributed by atoms with E-state index in [9.17, 15) is 14.0 Å². The highest BCUT2D eigenvalue weighted by atomic mass is 19.1. The van der Waals surface area contributed by atoms with Gasteiger partial charge in [0.1, 0.15) is 11.9 Å². The number of nitrogens with one attached hydrogen (secondary N) is 2. The minimum absolute atomic E-state index is 0.0862. The SMILES string of the molecule is CC(NC(=O)NC(CCO)C(=O)O)c1cccc(F)c1. The van der Waals surface area contributed by atoms with Crippen molar-refractivity contribution < 1.29 is 24.2 Å². The first-order valence-corrected chi connectivity index (χ1v) is 6.10. The molecule has 2 unspecified atom stereocenters. The number of aliphatic carboxylic acids is 1. The average molecular weight is 284 g/mol. The predicted octanol–water partition coefficient (Wildman–Crippen LogP) is 1.02. The molecule has 0 aromatic heterocycles. The maximum Gasteiger partial charge on any atom is 0.326 e. The summed E-state index contributed by atoms with van der Waals surface area (Å²) in [5, 5.41) is 22.3. The molecule has 7 heteroatoms. The fourth-order valence-electron chi connectivity index (χ4n) is 1.64. The van der Waals surface area contributed by atoms with Crippen molar-refractivity contribution in [2.75, 3.05) is 6.61 Å². The van der Waals surface area contributed by atoms with Crippen LogP contribution in [0.3, 0.4) is 0 Å². The van der Waals surface area contributed by atoms with Crippen molar-refractivity contribution in [3.8, 4) is 0 Å². The van der Waals surface area contributed by atoms with Gasteiger partial charge in [-0.1, -0.05) is 12.1 Å². The molecular weight excluding hydrogens is 267 g/mol. The maximum absolute atomic E-state index is 13.0. The molecule has 0 aliphatic rings. The van der Waals surface area contributed by atoms with Gasteiger partial charge in [-0.15, -0.1) is 0 Å². The first-order chi connectivity index (χ1) is 9.43. The van der Waals surface area contributed by atoms with Crippen molar-refractivity contribution in [1.82, 2.24) is 10.6 Å². The Morgan fingerprint density at radius 1 is 1.35 bits per heavy atom. The summed E-state index contributed by atoms with van der Waals surface area (Å²) in [6.45, 7) is 1.30. The molecule has 1 aromatic rings. The smallest absolute Gasteiger partial charge is 0.326 e. The van der Waals surface area contributed by atoms with Gasteiger partial charge in [-0.25, -0.2) is 14.0 Å². The summed E-state index contributed by atoms with van der Waals surface area (Å²) in [5.74, 6) is -1.65. The molecule has 0 aliphatic heterocycles. The molecule has 0 spiro atoms. The van der Waals surface area contributed by atoms with Crippen molar-refractivity contribution in [1.29, 1.82) is 0 Å². The summed E-state index contributed by atoms with van der Waals surface area (Å²) < 4.78 is 13.0. The number of hydrogen-bond acceptors (Lipinski definition) is 3. The lowest BCUT2D eigenvalue weighted by Gasteiger charge is -2.18. The van der Waals surface area contributed by atoms with Gasteiger partial charge in [0.2, 0.25) is 0 Å². The van der Waals surface area contributed by atoms with Gasteiger partial charge in [0, 0.05) is 13.0 Å². The molecule has 2 amide bonds. The second kappa shape index (κ2) is 7.44. The normalized spacial score (nSPS) is 13.3. The van der Waals surface area contributed by atoms with Gasteiger partial charge in [-0.05, 0) is 24.6 Å². The van der Waals surface area contributed by atoms with Crippen molar-refractivity contribution in [2.45, 2.75) is 25.4 Å². The summed E-state index contributed by atoms with van der Waals surface area (Å²) in [6, 6.07) is 3.41. The first-order valence-electron chi connectivity index (χ1n) is 6.10. The van der Waals surface area contributed by atoms with Gasteiger partial charge in [0.25, 0.3) is 0 Å². The van der Waals surface area contributed by atoms with Crippen LogP contribution in [0, 0.1) is 5.82 Å². The van der Waals surface area contributed by atoms with Gasteiger partial charge in [0.15, 0.2) is 0 Å². The van der Waals surface area contributed by atoms with Crippen molar-refractivity contribution in [3.63, 3.8) is 0 Å². The second-order valence-corrected chi connectivity index (χ2v) is 4.30. The molecular formula is C13H17FN2O4. The zero-order chi connectivity index (χ0) is 15.1. The number of aliphatic hydroxyl groups excluding tert-OH is 1. The third-order valence-corrected chi connectivity index (χ3v) is 2.72.